The first-order chi connectivity index (χ1) is 10.3. The van der Waals surface area contributed by atoms with Gasteiger partial charge in [0.15, 0.2) is 5.82 Å². The maximum absolute atomic E-state index is 8.80. The molecule has 0 aliphatic carbocycles. The lowest BCUT2D eigenvalue weighted by molar-refractivity contribution is 0.920. The van der Waals surface area contributed by atoms with E-state index in [1.807, 2.05) is 47.3 Å². The number of nitriles is 1. The van der Waals surface area contributed by atoms with Gasteiger partial charge in [0.25, 0.3) is 0 Å². The maximum atomic E-state index is 8.80. The van der Waals surface area contributed by atoms with Gasteiger partial charge < -0.3 is 9.88 Å². The van der Waals surface area contributed by atoms with Crippen molar-refractivity contribution in [3.8, 4) is 17.5 Å². The standard InChI is InChI=1S/C15H13N5S/c1-20-10-18-19-15(20)12-2-4-13(5-3-12)17-8-14-6-11(7-16)9-21-14/h2-6,9-10,17H,8H2,1H3. The SMILES string of the molecule is Cn1cnnc1-c1ccc(NCc2cc(C#N)cs2)cc1. The Bertz CT molecular complexity index is 779. The van der Waals surface area contributed by atoms with Gasteiger partial charge in [-0.05, 0) is 30.3 Å². The molecule has 5 nitrogen and oxygen atoms in total. The average molecular weight is 295 g/mol. The van der Waals surface area contributed by atoms with Gasteiger partial charge in [-0.3, -0.25) is 0 Å². The molecule has 0 bridgehead atoms. The predicted molar refractivity (Wildman–Crippen MR) is 82.8 cm³/mol. The number of aryl methyl sites for hydroxylation is 1. The van der Waals surface area contributed by atoms with Gasteiger partial charge in [-0.15, -0.1) is 21.5 Å². The third-order valence-electron chi connectivity index (χ3n) is 3.10. The van der Waals surface area contributed by atoms with Gasteiger partial charge in [0, 0.05) is 35.1 Å². The Morgan fingerprint density at radius 2 is 2.14 bits per heavy atom. The van der Waals surface area contributed by atoms with Gasteiger partial charge in [-0.1, -0.05) is 0 Å². The second kappa shape index (κ2) is 5.77. The molecular weight excluding hydrogens is 282 g/mol. The van der Waals surface area contributed by atoms with Crippen LogP contribution in [0.15, 0.2) is 42.0 Å². The number of nitrogens with zero attached hydrogens (tertiary/aromatic N) is 4. The summed E-state index contributed by atoms with van der Waals surface area (Å²) in [6.07, 6.45) is 1.69. The molecule has 0 radical (unpaired) electrons. The quantitative estimate of drug-likeness (QED) is 0.803. The molecule has 0 spiro atoms. The van der Waals surface area contributed by atoms with E-state index in [-0.39, 0.29) is 0 Å². The van der Waals surface area contributed by atoms with Gasteiger partial charge in [0.1, 0.15) is 12.4 Å². The van der Waals surface area contributed by atoms with Gasteiger partial charge in [0.2, 0.25) is 0 Å². The van der Waals surface area contributed by atoms with Crippen LogP contribution in [0.3, 0.4) is 0 Å². The average Bonchev–Trinajstić information content (AvgIpc) is 3.14. The summed E-state index contributed by atoms with van der Waals surface area (Å²) in [4.78, 5) is 1.14. The summed E-state index contributed by atoms with van der Waals surface area (Å²) in [5.41, 5.74) is 2.78. The topological polar surface area (TPSA) is 66.5 Å². The molecule has 21 heavy (non-hydrogen) atoms. The molecule has 3 rings (SSSR count). The van der Waals surface area contributed by atoms with Crippen LogP contribution in [0.1, 0.15) is 10.4 Å². The number of benzene rings is 1. The fourth-order valence-corrected chi connectivity index (χ4v) is 2.75. The first kappa shape index (κ1) is 13.3. The van der Waals surface area contributed by atoms with E-state index in [4.69, 9.17) is 5.26 Å². The van der Waals surface area contributed by atoms with Crippen molar-refractivity contribution in [2.24, 2.45) is 7.05 Å². The second-order valence-corrected chi connectivity index (χ2v) is 5.61. The van der Waals surface area contributed by atoms with Crippen molar-refractivity contribution < 1.29 is 0 Å². The van der Waals surface area contributed by atoms with Crippen LogP contribution in [0.4, 0.5) is 5.69 Å². The lowest BCUT2D eigenvalue weighted by atomic mass is 10.2. The van der Waals surface area contributed by atoms with Crippen molar-refractivity contribution in [2.75, 3.05) is 5.32 Å². The van der Waals surface area contributed by atoms with Crippen molar-refractivity contribution in [3.63, 3.8) is 0 Å². The first-order valence-corrected chi connectivity index (χ1v) is 7.30. The van der Waals surface area contributed by atoms with Gasteiger partial charge in [0.05, 0.1) is 5.56 Å². The summed E-state index contributed by atoms with van der Waals surface area (Å²) in [5, 5.41) is 22.0. The maximum Gasteiger partial charge on any atom is 0.163 e. The summed E-state index contributed by atoms with van der Waals surface area (Å²) in [6.45, 7) is 0.718. The van der Waals surface area contributed by atoms with E-state index in [0.717, 1.165) is 34.1 Å². The Morgan fingerprint density at radius 3 is 2.76 bits per heavy atom. The summed E-state index contributed by atoms with van der Waals surface area (Å²) in [6, 6.07) is 12.1. The first-order valence-electron chi connectivity index (χ1n) is 6.42. The lowest BCUT2D eigenvalue weighted by Crippen LogP contribution is -1.97. The van der Waals surface area contributed by atoms with Crippen molar-refractivity contribution >= 4 is 17.0 Å². The van der Waals surface area contributed by atoms with Crippen LogP contribution in [-0.2, 0) is 13.6 Å². The third-order valence-corrected chi connectivity index (χ3v) is 4.04. The number of thiophene rings is 1. The molecule has 0 amide bonds. The molecule has 1 N–H and O–H groups in total. The minimum absolute atomic E-state index is 0.717. The minimum atomic E-state index is 0.717. The number of hydrogen-bond acceptors (Lipinski definition) is 5. The van der Waals surface area contributed by atoms with Crippen molar-refractivity contribution in [1.82, 2.24) is 14.8 Å². The van der Waals surface area contributed by atoms with E-state index >= 15 is 0 Å². The van der Waals surface area contributed by atoms with E-state index in [0.29, 0.717) is 0 Å². The Labute approximate surface area is 126 Å². The molecule has 0 saturated carbocycles. The molecule has 0 aliphatic heterocycles. The van der Waals surface area contributed by atoms with Crippen LogP contribution >= 0.6 is 11.3 Å². The number of anilines is 1. The largest absolute Gasteiger partial charge is 0.380 e. The van der Waals surface area contributed by atoms with E-state index in [1.165, 1.54) is 0 Å². The zero-order valence-electron chi connectivity index (χ0n) is 11.4. The fourth-order valence-electron chi connectivity index (χ4n) is 2.00. The smallest absolute Gasteiger partial charge is 0.163 e. The molecule has 0 unspecified atom stereocenters. The van der Waals surface area contributed by atoms with Gasteiger partial charge in [-0.2, -0.15) is 5.26 Å². The van der Waals surface area contributed by atoms with Crippen molar-refractivity contribution in [2.45, 2.75) is 6.54 Å². The minimum Gasteiger partial charge on any atom is -0.380 e. The molecule has 1 aromatic carbocycles. The Kier molecular flexibility index (Phi) is 3.67. The van der Waals surface area contributed by atoms with Crippen LogP contribution in [0, 0.1) is 11.3 Å². The molecule has 6 heteroatoms. The van der Waals surface area contributed by atoms with E-state index in [1.54, 1.807) is 17.7 Å². The molecular formula is C15H13N5S. The van der Waals surface area contributed by atoms with Gasteiger partial charge >= 0.3 is 0 Å². The van der Waals surface area contributed by atoms with Crippen LogP contribution in [0.25, 0.3) is 11.4 Å². The van der Waals surface area contributed by atoms with E-state index in [9.17, 15) is 0 Å². The molecule has 104 valence electrons. The molecule has 0 saturated heterocycles. The number of aromatic nitrogens is 3. The van der Waals surface area contributed by atoms with Crippen LogP contribution in [0.2, 0.25) is 0 Å². The predicted octanol–water partition coefficient (Wildman–Crippen LogP) is 3.03. The Balaban J connectivity index is 1.67. The monoisotopic (exact) mass is 295 g/mol. The van der Waals surface area contributed by atoms with E-state index < -0.39 is 0 Å². The van der Waals surface area contributed by atoms with Crippen LogP contribution < -0.4 is 5.32 Å². The van der Waals surface area contributed by atoms with Gasteiger partial charge in [-0.25, -0.2) is 0 Å². The van der Waals surface area contributed by atoms with Crippen LogP contribution in [-0.4, -0.2) is 14.8 Å². The van der Waals surface area contributed by atoms with E-state index in [2.05, 4.69) is 21.6 Å². The lowest BCUT2D eigenvalue weighted by Gasteiger charge is -2.06. The highest BCUT2D eigenvalue weighted by Crippen LogP contribution is 2.20. The molecule has 2 aromatic heterocycles. The zero-order valence-corrected chi connectivity index (χ0v) is 12.3. The molecule has 3 aromatic rings. The highest BCUT2D eigenvalue weighted by molar-refractivity contribution is 7.10. The normalized spacial score (nSPS) is 10.3. The number of nitrogens with one attached hydrogen (secondary N) is 1. The molecule has 0 fully saturated rings. The number of rotatable bonds is 4. The Hall–Kier alpha value is -2.65. The number of hydrogen-bond donors (Lipinski definition) is 1. The van der Waals surface area contributed by atoms with Crippen molar-refractivity contribution in [1.29, 1.82) is 5.26 Å². The summed E-state index contributed by atoms with van der Waals surface area (Å²) in [5.74, 6) is 0.846. The van der Waals surface area contributed by atoms with Crippen molar-refractivity contribution in [3.05, 3.63) is 52.5 Å². The molecule has 0 aliphatic rings. The Morgan fingerprint density at radius 1 is 1.33 bits per heavy atom. The highest BCUT2D eigenvalue weighted by Gasteiger charge is 2.04. The molecule has 2 heterocycles. The highest BCUT2D eigenvalue weighted by atomic mass is 32.1. The fraction of sp³-hybridized carbons (Fsp3) is 0.133. The summed E-state index contributed by atoms with van der Waals surface area (Å²) < 4.78 is 1.89. The van der Waals surface area contributed by atoms with Crippen LogP contribution in [0.5, 0.6) is 0 Å². The summed E-state index contributed by atoms with van der Waals surface area (Å²) in [7, 11) is 1.92. The second-order valence-electron chi connectivity index (χ2n) is 4.61. The zero-order chi connectivity index (χ0) is 14.7. The third kappa shape index (κ3) is 2.93. The molecule has 0 atom stereocenters. The summed E-state index contributed by atoms with van der Waals surface area (Å²) >= 11 is 1.59.